The van der Waals surface area contributed by atoms with E-state index in [1.807, 2.05) is 36.0 Å². The van der Waals surface area contributed by atoms with Gasteiger partial charge in [0.25, 0.3) is 0 Å². The molecule has 0 aromatic carbocycles. The van der Waals surface area contributed by atoms with Crippen molar-refractivity contribution in [1.29, 1.82) is 0 Å². The third kappa shape index (κ3) is 4.21. The van der Waals surface area contributed by atoms with Gasteiger partial charge in [-0.25, -0.2) is 0 Å². The Morgan fingerprint density at radius 3 is 2.95 bits per heavy atom. The molecule has 0 aliphatic rings. The second-order valence-corrected chi connectivity index (χ2v) is 5.61. The molecule has 0 atom stereocenters. The van der Waals surface area contributed by atoms with Gasteiger partial charge in [-0.1, -0.05) is 6.07 Å². The molecule has 1 amide bonds. The van der Waals surface area contributed by atoms with Gasteiger partial charge in [-0.15, -0.1) is 11.3 Å². The average molecular weight is 277 g/mol. The van der Waals surface area contributed by atoms with Gasteiger partial charge in [0, 0.05) is 23.5 Å². The second kappa shape index (κ2) is 6.52. The van der Waals surface area contributed by atoms with Gasteiger partial charge in [0.2, 0.25) is 5.91 Å². The standard InChI is InChI=1S/C14H19N3OS/c1-11-10-12(2)17(16-11)8-7-15-14(18)6-5-13-4-3-9-19-13/h3-4,9-10H,5-8H2,1-2H3,(H,15,18). The predicted octanol–water partition coefficient (Wildman–Crippen LogP) is 2.31. The third-order valence-electron chi connectivity index (χ3n) is 2.93. The molecule has 5 heteroatoms. The van der Waals surface area contributed by atoms with E-state index in [4.69, 9.17) is 0 Å². The van der Waals surface area contributed by atoms with Gasteiger partial charge in [-0.05, 0) is 37.8 Å². The lowest BCUT2D eigenvalue weighted by molar-refractivity contribution is -0.121. The van der Waals surface area contributed by atoms with Gasteiger partial charge in [0.15, 0.2) is 0 Å². The van der Waals surface area contributed by atoms with Crippen LogP contribution < -0.4 is 5.32 Å². The van der Waals surface area contributed by atoms with E-state index < -0.39 is 0 Å². The fourth-order valence-electron chi connectivity index (χ4n) is 1.98. The molecular weight excluding hydrogens is 258 g/mol. The number of thiophene rings is 1. The average Bonchev–Trinajstić information content (AvgIpc) is 2.97. The van der Waals surface area contributed by atoms with Crippen LogP contribution in [0.2, 0.25) is 0 Å². The maximum Gasteiger partial charge on any atom is 0.220 e. The summed E-state index contributed by atoms with van der Waals surface area (Å²) >= 11 is 1.70. The van der Waals surface area contributed by atoms with E-state index in [1.165, 1.54) is 4.88 Å². The molecule has 0 saturated carbocycles. The maximum absolute atomic E-state index is 11.7. The Kier molecular flexibility index (Phi) is 4.74. The summed E-state index contributed by atoms with van der Waals surface area (Å²) in [7, 11) is 0. The van der Waals surface area contributed by atoms with Crippen LogP contribution in [0.5, 0.6) is 0 Å². The molecule has 2 heterocycles. The van der Waals surface area contributed by atoms with Crippen LogP contribution in [0.3, 0.4) is 0 Å². The fourth-order valence-corrected chi connectivity index (χ4v) is 2.69. The lowest BCUT2D eigenvalue weighted by atomic mass is 10.2. The Morgan fingerprint density at radius 1 is 1.47 bits per heavy atom. The monoisotopic (exact) mass is 277 g/mol. The summed E-state index contributed by atoms with van der Waals surface area (Å²) in [6.45, 7) is 5.36. The topological polar surface area (TPSA) is 46.9 Å². The number of aromatic nitrogens is 2. The molecule has 2 aromatic rings. The maximum atomic E-state index is 11.7. The lowest BCUT2D eigenvalue weighted by Gasteiger charge is -2.06. The molecule has 0 fully saturated rings. The first-order valence-corrected chi connectivity index (χ1v) is 7.33. The van der Waals surface area contributed by atoms with Gasteiger partial charge < -0.3 is 5.32 Å². The highest BCUT2D eigenvalue weighted by atomic mass is 32.1. The van der Waals surface area contributed by atoms with Gasteiger partial charge in [-0.3, -0.25) is 9.48 Å². The Labute approximate surface area is 117 Å². The molecule has 2 aromatic heterocycles. The number of amides is 1. The number of hydrogen-bond acceptors (Lipinski definition) is 3. The van der Waals surface area contributed by atoms with Gasteiger partial charge in [-0.2, -0.15) is 5.10 Å². The van der Waals surface area contributed by atoms with Crippen LogP contribution in [0.4, 0.5) is 0 Å². The molecule has 2 rings (SSSR count). The molecule has 0 aliphatic heterocycles. The Balaban J connectivity index is 1.68. The van der Waals surface area contributed by atoms with Crippen molar-refractivity contribution in [3.8, 4) is 0 Å². The number of carbonyl (C=O) groups excluding carboxylic acids is 1. The van der Waals surface area contributed by atoms with Crippen molar-refractivity contribution >= 4 is 17.2 Å². The molecule has 0 unspecified atom stereocenters. The Bertz CT molecular complexity index is 531. The first-order chi connectivity index (χ1) is 9.15. The molecular formula is C14H19N3OS. The molecule has 0 bridgehead atoms. The number of nitrogens with one attached hydrogen (secondary N) is 1. The number of rotatable bonds is 6. The van der Waals surface area contributed by atoms with Crippen molar-refractivity contribution in [3.63, 3.8) is 0 Å². The van der Waals surface area contributed by atoms with Crippen LogP contribution in [0, 0.1) is 13.8 Å². The lowest BCUT2D eigenvalue weighted by Crippen LogP contribution is -2.27. The third-order valence-corrected chi connectivity index (χ3v) is 3.86. The van der Waals surface area contributed by atoms with E-state index in [1.54, 1.807) is 11.3 Å². The van der Waals surface area contributed by atoms with Crippen molar-refractivity contribution in [1.82, 2.24) is 15.1 Å². The van der Waals surface area contributed by atoms with Crippen molar-refractivity contribution < 1.29 is 4.79 Å². The fraction of sp³-hybridized carbons (Fsp3) is 0.429. The highest BCUT2D eigenvalue weighted by molar-refractivity contribution is 7.09. The minimum Gasteiger partial charge on any atom is -0.354 e. The Morgan fingerprint density at radius 2 is 2.32 bits per heavy atom. The number of aryl methyl sites for hydroxylation is 3. The quantitative estimate of drug-likeness (QED) is 0.880. The highest BCUT2D eigenvalue weighted by Gasteiger charge is 2.04. The van der Waals surface area contributed by atoms with E-state index >= 15 is 0 Å². The highest BCUT2D eigenvalue weighted by Crippen LogP contribution is 2.10. The smallest absolute Gasteiger partial charge is 0.220 e. The van der Waals surface area contributed by atoms with Crippen LogP contribution >= 0.6 is 11.3 Å². The van der Waals surface area contributed by atoms with E-state index in [0.717, 1.165) is 24.4 Å². The number of carbonyl (C=O) groups is 1. The summed E-state index contributed by atoms with van der Waals surface area (Å²) in [6.07, 6.45) is 1.38. The molecule has 0 radical (unpaired) electrons. The molecule has 0 spiro atoms. The van der Waals surface area contributed by atoms with Crippen LogP contribution in [0.15, 0.2) is 23.6 Å². The molecule has 0 saturated heterocycles. The molecule has 4 nitrogen and oxygen atoms in total. The van der Waals surface area contributed by atoms with Gasteiger partial charge in [0.05, 0.1) is 12.2 Å². The van der Waals surface area contributed by atoms with Crippen molar-refractivity contribution in [2.75, 3.05) is 6.54 Å². The second-order valence-electron chi connectivity index (χ2n) is 4.58. The van der Waals surface area contributed by atoms with Crippen molar-refractivity contribution in [2.24, 2.45) is 0 Å². The number of nitrogens with zero attached hydrogens (tertiary/aromatic N) is 2. The first-order valence-electron chi connectivity index (χ1n) is 6.45. The van der Waals surface area contributed by atoms with Crippen LogP contribution in [0.1, 0.15) is 22.7 Å². The Hall–Kier alpha value is -1.62. The zero-order valence-electron chi connectivity index (χ0n) is 11.3. The first kappa shape index (κ1) is 13.8. The van der Waals surface area contributed by atoms with E-state index in [2.05, 4.69) is 16.5 Å². The predicted molar refractivity (Wildman–Crippen MR) is 77.4 cm³/mol. The van der Waals surface area contributed by atoms with Crippen LogP contribution in [-0.4, -0.2) is 22.2 Å². The molecule has 1 N–H and O–H groups in total. The summed E-state index contributed by atoms with van der Waals surface area (Å²) in [5.74, 6) is 0.106. The zero-order valence-corrected chi connectivity index (χ0v) is 12.2. The normalized spacial score (nSPS) is 10.6. The van der Waals surface area contributed by atoms with E-state index in [9.17, 15) is 4.79 Å². The minimum absolute atomic E-state index is 0.106. The SMILES string of the molecule is Cc1cc(C)n(CCNC(=O)CCc2cccs2)n1. The van der Waals surface area contributed by atoms with Crippen LogP contribution in [0.25, 0.3) is 0 Å². The zero-order chi connectivity index (χ0) is 13.7. The van der Waals surface area contributed by atoms with Crippen LogP contribution in [-0.2, 0) is 17.8 Å². The van der Waals surface area contributed by atoms with Gasteiger partial charge in [0.1, 0.15) is 0 Å². The van der Waals surface area contributed by atoms with E-state index in [0.29, 0.717) is 13.0 Å². The summed E-state index contributed by atoms with van der Waals surface area (Å²) in [4.78, 5) is 12.9. The van der Waals surface area contributed by atoms with Crippen molar-refractivity contribution in [2.45, 2.75) is 33.2 Å². The number of hydrogen-bond donors (Lipinski definition) is 1. The van der Waals surface area contributed by atoms with Crippen molar-refractivity contribution in [3.05, 3.63) is 39.8 Å². The molecule has 0 aliphatic carbocycles. The molecule has 19 heavy (non-hydrogen) atoms. The summed E-state index contributed by atoms with van der Waals surface area (Å²) in [5.41, 5.74) is 2.15. The summed E-state index contributed by atoms with van der Waals surface area (Å²) < 4.78 is 1.93. The summed E-state index contributed by atoms with van der Waals surface area (Å²) in [5, 5.41) is 9.33. The van der Waals surface area contributed by atoms with E-state index in [-0.39, 0.29) is 5.91 Å². The molecule has 102 valence electrons. The minimum atomic E-state index is 0.106. The summed E-state index contributed by atoms with van der Waals surface area (Å²) in [6, 6.07) is 6.12. The van der Waals surface area contributed by atoms with Gasteiger partial charge >= 0.3 is 0 Å². The largest absolute Gasteiger partial charge is 0.354 e.